The molecular formula is C24H24F3N5O. The van der Waals surface area contributed by atoms with Crippen LogP contribution in [0, 0.1) is 0 Å². The van der Waals surface area contributed by atoms with Gasteiger partial charge in [-0.05, 0) is 50.1 Å². The van der Waals surface area contributed by atoms with Gasteiger partial charge in [-0.1, -0.05) is 12.7 Å². The van der Waals surface area contributed by atoms with Crippen molar-refractivity contribution in [2.45, 2.75) is 32.5 Å². The molecule has 0 aliphatic carbocycles. The molecule has 3 aromatic rings. The van der Waals surface area contributed by atoms with Crippen LogP contribution in [0.2, 0.25) is 0 Å². The summed E-state index contributed by atoms with van der Waals surface area (Å²) < 4.78 is 41.4. The summed E-state index contributed by atoms with van der Waals surface area (Å²) in [5.41, 5.74) is 1.85. The standard InChI is InChI=1S/C24H24F3N5O/c1-4-22(33)31-10-6-16(7-11-31)23-18-8-12-32(15(2)3)19(18)14-21(30-23)29-20-13-17(5-9-28-20)24(25,26)27/h4-6,8-9,12-15H,1,7,10-11H2,2-3H3,(H,28,29,30). The minimum atomic E-state index is -4.46. The first-order valence-corrected chi connectivity index (χ1v) is 10.6. The maximum atomic E-state index is 13.1. The van der Waals surface area contributed by atoms with E-state index in [0.29, 0.717) is 25.3 Å². The lowest BCUT2D eigenvalue weighted by atomic mass is 10.0. The van der Waals surface area contributed by atoms with Gasteiger partial charge < -0.3 is 14.8 Å². The second-order valence-corrected chi connectivity index (χ2v) is 8.13. The van der Waals surface area contributed by atoms with Crippen LogP contribution in [0.5, 0.6) is 0 Å². The molecule has 0 saturated heterocycles. The van der Waals surface area contributed by atoms with Crippen molar-refractivity contribution in [3.8, 4) is 0 Å². The van der Waals surface area contributed by atoms with Gasteiger partial charge in [-0.2, -0.15) is 13.2 Å². The minimum absolute atomic E-state index is 0.0608. The summed E-state index contributed by atoms with van der Waals surface area (Å²) >= 11 is 0. The number of nitrogens with one attached hydrogen (secondary N) is 1. The van der Waals surface area contributed by atoms with Crippen LogP contribution in [-0.2, 0) is 11.0 Å². The van der Waals surface area contributed by atoms with E-state index < -0.39 is 11.7 Å². The van der Waals surface area contributed by atoms with Gasteiger partial charge in [-0.25, -0.2) is 9.97 Å². The quantitative estimate of drug-likeness (QED) is 0.511. The number of pyridine rings is 2. The number of aromatic nitrogens is 3. The number of carbonyl (C=O) groups excluding carboxylic acids is 1. The van der Waals surface area contributed by atoms with E-state index >= 15 is 0 Å². The summed E-state index contributed by atoms with van der Waals surface area (Å²) in [7, 11) is 0. The van der Waals surface area contributed by atoms with E-state index in [4.69, 9.17) is 4.98 Å². The highest BCUT2D eigenvalue weighted by molar-refractivity contribution is 5.94. The van der Waals surface area contributed by atoms with Crippen molar-refractivity contribution < 1.29 is 18.0 Å². The number of fused-ring (bicyclic) bond motifs is 1. The Bertz CT molecular complexity index is 1240. The van der Waals surface area contributed by atoms with E-state index in [2.05, 4.69) is 35.3 Å². The van der Waals surface area contributed by atoms with Crippen molar-refractivity contribution in [3.63, 3.8) is 0 Å². The van der Waals surface area contributed by atoms with E-state index in [1.807, 2.05) is 24.4 Å². The predicted octanol–water partition coefficient (Wildman–Crippen LogP) is 5.58. The van der Waals surface area contributed by atoms with Crippen molar-refractivity contribution in [2.24, 2.45) is 0 Å². The van der Waals surface area contributed by atoms with Gasteiger partial charge in [0.15, 0.2) is 0 Å². The average molecular weight is 455 g/mol. The Kier molecular flexibility index (Phi) is 5.97. The third-order valence-corrected chi connectivity index (χ3v) is 5.62. The van der Waals surface area contributed by atoms with Crippen LogP contribution >= 0.6 is 0 Å². The number of nitrogens with zero attached hydrogens (tertiary/aromatic N) is 4. The van der Waals surface area contributed by atoms with Gasteiger partial charge in [0.2, 0.25) is 5.91 Å². The lowest BCUT2D eigenvalue weighted by Crippen LogP contribution is -2.33. The third-order valence-electron chi connectivity index (χ3n) is 5.62. The molecule has 1 aliphatic heterocycles. The summed E-state index contributed by atoms with van der Waals surface area (Å²) in [5.74, 6) is 0.335. The Morgan fingerprint density at radius 1 is 1.24 bits per heavy atom. The second kappa shape index (κ2) is 8.73. The Balaban J connectivity index is 1.76. The monoisotopic (exact) mass is 455 g/mol. The van der Waals surface area contributed by atoms with E-state index in [9.17, 15) is 18.0 Å². The fourth-order valence-electron chi connectivity index (χ4n) is 3.93. The Morgan fingerprint density at radius 3 is 2.67 bits per heavy atom. The number of halogens is 3. The van der Waals surface area contributed by atoms with Crippen molar-refractivity contribution in [2.75, 3.05) is 18.4 Å². The normalized spacial score (nSPS) is 14.5. The van der Waals surface area contributed by atoms with Gasteiger partial charge in [0, 0.05) is 43.0 Å². The van der Waals surface area contributed by atoms with E-state index in [-0.39, 0.29) is 17.8 Å². The molecular weight excluding hydrogens is 431 g/mol. The van der Waals surface area contributed by atoms with E-state index in [1.165, 1.54) is 6.08 Å². The maximum Gasteiger partial charge on any atom is 0.416 e. The first-order valence-electron chi connectivity index (χ1n) is 10.6. The zero-order valence-corrected chi connectivity index (χ0v) is 18.4. The molecule has 0 radical (unpaired) electrons. The largest absolute Gasteiger partial charge is 0.416 e. The number of hydrogen-bond donors (Lipinski definition) is 1. The molecule has 1 aliphatic rings. The van der Waals surface area contributed by atoms with E-state index in [0.717, 1.165) is 40.5 Å². The van der Waals surface area contributed by atoms with Gasteiger partial charge in [0.05, 0.1) is 16.8 Å². The number of carbonyl (C=O) groups is 1. The molecule has 9 heteroatoms. The van der Waals surface area contributed by atoms with Crippen LogP contribution in [0.4, 0.5) is 24.8 Å². The molecule has 0 spiro atoms. The number of anilines is 2. The smallest absolute Gasteiger partial charge is 0.345 e. The summed E-state index contributed by atoms with van der Waals surface area (Å²) in [4.78, 5) is 22.4. The maximum absolute atomic E-state index is 13.1. The van der Waals surface area contributed by atoms with Gasteiger partial charge >= 0.3 is 6.18 Å². The number of alkyl halides is 3. The van der Waals surface area contributed by atoms with Crippen LogP contribution in [0.25, 0.3) is 16.5 Å². The molecule has 0 unspecified atom stereocenters. The van der Waals surface area contributed by atoms with Crippen LogP contribution in [0.15, 0.2) is 55.4 Å². The molecule has 6 nitrogen and oxygen atoms in total. The first-order chi connectivity index (χ1) is 15.7. The van der Waals surface area contributed by atoms with Crippen molar-refractivity contribution >= 4 is 34.0 Å². The van der Waals surface area contributed by atoms with E-state index in [1.54, 1.807) is 4.90 Å². The zero-order valence-electron chi connectivity index (χ0n) is 18.4. The van der Waals surface area contributed by atoms with Gasteiger partial charge in [-0.15, -0.1) is 0 Å². The van der Waals surface area contributed by atoms with Crippen molar-refractivity contribution in [1.29, 1.82) is 0 Å². The number of hydrogen-bond acceptors (Lipinski definition) is 4. The lowest BCUT2D eigenvalue weighted by molar-refractivity contribution is -0.137. The number of amides is 1. The highest BCUT2D eigenvalue weighted by Crippen LogP contribution is 2.34. The summed E-state index contributed by atoms with van der Waals surface area (Å²) in [6.07, 6.45) is 2.51. The molecule has 33 heavy (non-hydrogen) atoms. The SMILES string of the molecule is C=CC(=O)N1CC=C(c2nc(Nc3cc(C(F)(F)F)ccn3)cc3c2ccn3C(C)C)CC1. The van der Waals surface area contributed by atoms with Gasteiger partial charge in [0.25, 0.3) is 0 Å². The Morgan fingerprint density at radius 2 is 2.03 bits per heavy atom. The fourth-order valence-corrected chi connectivity index (χ4v) is 3.93. The average Bonchev–Trinajstić information content (AvgIpc) is 3.22. The van der Waals surface area contributed by atoms with Gasteiger partial charge in [0.1, 0.15) is 11.6 Å². The highest BCUT2D eigenvalue weighted by Gasteiger charge is 2.30. The molecule has 172 valence electrons. The van der Waals surface area contributed by atoms with Gasteiger partial charge in [-0.3, -0.25) is 4.79 Å². The highest BCUT2D eigenvalue weighted by atomic mass is 19.4. The van der Waals surface area contributed by atoms with Crippen LogP contribution < -0.4 is 5.32 Å². The molecule has 1 N–H and O–H groups in total. The molecule has 0 atom stereocenters. The first kappa shape index (κ1) is 22.6. The van der Waals surface area contributed by atoms with Crippen LogP contribution in [0.1, 0.15) is 37.6 Å². The van der Waals surface area contributed by atoms with Crippen LogP contribution in [0.3, 0.4) is 0 Å². The van der Waals surface area contributed by atoms with Crippen molar-refractivity contribution in [1.82, 2.24) is 19.4 Å². The molecule has 4 heterocycles. The van der Waals surface area contributed by atoms with Crippen LogP contribution in [-0.4, -0.2) is 38.4 Å². The molecule has 3 aromatic heterocycles. The molecule has 0 fully saturated rings. The summed E-state index contributed by atoms with van der Waals surface area (Å²) in [5, 5.41) is 3.88. The molecule has 0 saturated carbocycles. The zero-order chi connectivity index (χ0) is 23.8. The lowest BCUT2D eigenvalue weighted by Gasteiger charge is -2.25. The molecule has 0 bridgehead atoms. The Hall–Kier alpha value is -3.62. The topological polar surface area (TPSA) is 63.1 Å². The predicted molar refractivity (Wildman–Crippen MR) is 122 cm³/mol. The molecule has 4 rings (SSSR count). The minimum Gasteiger partial charge on any atom is -0.345 e. The molecule has 1 amide bonds. The summed E-state index contributed by atoms with van der Waals surface area (Å²) in [6, 6.07) is 5.88. The third kappa shape index (κ3) is 4.62. The van der Waals surface area contributed by atoms with Crippen molar-refractivity contribution in [3.05, 3.63) is 66.6 Å². The summed E-state index contributed by atoms with van der Waals surface area (Å²) in [6.45, 7) is 8.63. The second-order valence-electron chi connectivity index (χ2n) is 8.13. The molecule has 0 aromatic carbocycles. The number of rotatable bonds is 5. The fraction of sp³-hybridized carbons (Fsp3) is 0.292. The Labute approximate surface area is 189 Å².